The summed E-state index contributed by atoms with van der Waals surface area (Å²) >= 11 is 0. The number of benzene rings is 2. The van der Waals surface area contributed by atoms with E-state index in [0.717, 1.165) is 42.1 Å². The molecule has 5 N–H and O–H groups in total. The van der Waals surface area contributed by atoms with Crippen LogP contribution in [0, 0.1) is 11.8 Å². The van der Waals surface area contributed by atoms with E-state index in [4.69, 9.17) is 0 Å². The molecule has 3 aromatic rings. The van der Waals surface area contributed by atoms with Crippen LogP contribution in [0.25, 0.3) is 10.9 Å². The molecule has 10 heteroatoms. The highest BCUT2D eigenvalue weighted by atomic mass is 16.2. The van der Waals surface area contributed by atoms with E-state index in [0.29, 0.717) is 25.1 Å². The van der Waals surface area contributed by atoms with Crippen molar-refractivity contribution in [1.82, 2.24) is 26.3 Å². The van der Waals surface area contributed by atoms with E-state index >= 15 is 0 Å². The van der Waals surface area contributed by atoms with Gasteiger partial charge in [0.05, 0.1) is 6.04 Å². The van der Waals surface area contributed by atoms with Gasteiger partial charge >= 0.3 is 0 Å². The first-order chi connectivity index (χ1) is 20.4. The molecule has 0 unspecified atom stereocenters. The summed E-state index contributed by atoms with van der Waals surface area (Å²) in [5.41, 5.74) is 1.96. The van der Waals surface area contributed by atoms with Crippen LogP contribution in [0.1, 0.15) is 61.0 Å². The highest BCUT2D eigenvalue weighted by molar-refractivity contribution is 6.38. The van der Waals surface area contributed by atoms with E-state index in [-0.39, 0.29) is 24.8 Å². The first-order valence-electron chi connectivity index (χ1n) is 14.7. The van der Waals surface area contributed by atoms with Crippen molar-refractivity contribution in [3.8, 4) is 0 Å². The van der Waals surface area contributed by atoms with Crippen molar-refractivity contribution >= 4 is 40.3 Å². The second-order valence-corrected chi connectivity index (χ2v) is 11.3. The molecule has 2 aliphatic rings. The Morgan fingerprint density at radius 2 is 1.60 bits per heavy atom. The zero-order chi connectivity index (χ0) is 29.5. The number of rotatable bonds is 12. The quantitative estimate of drug-likeness (QED) is 0.212. The number of Topliss-reactive ketones (excluding diaryl/α,β-unsaturated/α-hetero) is 1. The summed E-state index contributed by atoms with van der Waals surface area (Å²) < 4.78 is 0. The Bertz CT molecular complexity index is 1410. The summed E-state index contributed by atoms with van der Waals surface area (Å²) in [6, 6.07) is 16.3. The van der Waals surface area contributed by atoms with Gasteiger partial charge in [-0.1, -0.05) is 74.2 Å². The molecule has 4 amide bonds. The zero-order valence-corrected chi connectivity index (χ0v) is 23.5. The molecule has 10 nitrogen and oxygen atoms in total. The highest BCUT2D eigenvalue weighted by Crippen LogP contribution is 2.29. The topological polar surface area (TPSA) is 149 Å². The van der Waals surface area contributed by atoms with Gasteiger partial charge in [0, 0.05) is 29.9 Å². The number of para-hydroxylation sites is 1. The van der Waals surface area contributed by atoms with E-state index in [1.807, 2.05) is 54.6 Å². The number of fused-ring (bicyclic) bond motifs is 1. The second kappa shape index (κ2) is 13.5. The predicted molar refractivity (Wildman–Crippen MR) is 157 cm³/mol. The number of carbonyl (C=O) groups is 5. The first kappa shape index (κ1) is 29.0. The third kappa shape index (κ3) is 7.23. The lowest BCUT2D eigenvalue weighted by Crippen LogP contribution is -2.55. The lowest BCUT2D eigenvalue weighted by Gasteiger charge is -2.25. The van der Waals surface area contributed by atoms with Crippen molar-refractivity contribution in [3.63, 3.8) is 0 Å². The van der Waals surface area contributed by atoms with Gasteiger partial charge in [-0.2, -0.15) is 0 Å². The smallest absolute Gasteiger partial charge is 0.289 e. The average molecular weight is 572 g/mol. The van der Waals surface area contributed by atoms with E-state index < -0.39 is 41.5 Å². The monoisotopic (exact) mass is 571 g/mol. The molecule has 1 saturated carbocycles. The van der Waals surface area contributed by atoms with Gasteiger partial charge in [0.1, 0.15) is 11.7 Å². The minimum atomic E-state index is -1.21. The van der Waals surface area contributed by atoms with Gasteiger partial charge in [-0.25, -0.2) is 0 Å². The molecule has 2 aromatic carbocycles. The molecule has 1 aliphatic carbocycles. The van der Waals surface area contributed by atoms with Gasteiger partial charge in [-0.3, -0.25) is 24.0 Å². The largest absolute Gasteiger partial charge is 0.356 e. The Labute approximate surface area is 244 Å². The first-order valence-corrected chi connectivity index (χ1v) is 14.7. The molecule has 3 atom stereocenters. The molecule has 2 heterocycles. The molecule has 0 spiro atoms. The van der Waals surface area contributed by atoms with Crippen molar-refractivity contribution in [2.75, 3.05) is 6.54 Å². The third-order valence-electron chi connectivity index (χ3n) is 8.28. The number of nitrogens with one attached hydrogen (secondary N) is 5. The van der Waals surface area contributed by atoms with Gasteiger partial charge in [-0.05, 0) is 42.9 Å². The van der Waals surface area contributed by atoms with E-state index in [1.165, 1.54) is 0 Å². The van der Waals surface area contributed by atoms with Crippen molar-refractivity contribution < 1.29 is 24.0 Å². The minimum absolute atomic E-state index is 0.00127. The number of aromatic amines is 1. The van der Waals surface area contributed by atoms with Gasteiger partial charge < -0.3 is 26.3 Å². The molecule has 1 saturated heterocycles. The molecule has 2 fully saturated rings. The Morgan fingerprint density at radius 1 is 0.857 bits per heavy atom. The van der Waals surface area contributed by atoms with Gasteiger partial charge in [0.25, 0.3) is 11.8 Å². The molecule has 1 aromatic heterocycles. The molecule has 5 rings (SSSR count). The fourth-order valence-electron chi connectivity index (χ4n) is 5.92. The van der Waals surface area contributed by atoms with E-state index in [2.05, 4.69) is 26.3 Å². The molecule has 1 aliphatic heterocycles. The maximum absolute atomic E-state index is 13.7. The number of H-pyrrole nitrogens is 1. The Morgan fingerprint density at radius 3 is 2.31 bits per heavy atom. The maximum atomic E-state index is 13.7. The van der Waals surface area contributed by atoms with Crippen LogP contribution >= 0.6 is 0 Å². The fraction of sp³-hybridized carbons (Fsp3) is 0.406. The predicted octanol–water partition coefficient (Wildman–Crippen LogP) is 2.74. The molecule has 0 radical (unpaired) electrons. The number of hydrogen-bond acceptors (Lipinski definition) is 5. The Kier molecular flexibility index (Phi) is 9.31. The molecular formula is C32H37N5O5. The van der Waals surface area contributed by atoms with Crippen LogP contribution in [0.4, 0.5) is 0 Å². The third-order valence-corrected chi connectivity index (χ3v) is 8.28. The van der Waals surface area contributed by atoms with Crippen LogP contribution < -0.4 is 21.3 Å². The molecule has 0 bridgehead atoms. The van der Waals surface area contributed by atoms with Crippen LogP contribution in [0.3, 0.4) is 0 Å². The fourth-order valence-corrected chi connectivity index (χ4v) is 5.92. The van der Waals surface area contributed by atoms with Crippen molar-refractivity contribution in [3.05, 3.63) is 71.9 Å². The summed E-state index contributed by atoms with van der Waals surface area (Å²) in [6.07, 6.45) is 4.97. The lowest BCUT2D eigenvalue weighted by molar-refractivity contribution is -0.141. The molecule has 220 valence electrons. The SMILES string of the molecule is O=C(NCc1ccccc1)C(=O)[C@H](C[C@@H]1CCNC1=O)NC(=O)[C@H](CC1CCCC1)NC(=O)c1cc2ccccc2[nH]1. The summed E-state index contributed by atoms with van der Waals surface area (Å²) in [4.78, 5) is 68.7. The van der Waals surface area contributed by atoms with Crippen LogP contribution in [-0.2, 0) is 25.7 Å². The van der Waals surface area contributed by atoms with Crippen molar-refractivity contribution in [1.29, 1.82) is 0 Å². The van der Waals surface area contributed by atoms with Crippen molar-refractivity contribution in [2.24, 2.45) is 11.8 Å². The van der Waals surface area contributed by atoms with Gasteiger partial charge in [0.15, 0.2) is 0 Å². The summed E-state index contributed by atoms with van der Waals surface area (Å²) in [6.45, 7) is 0.629. The van der Waals surface area contributed by atoms with Crippen LogP contribution in [0.15, 0.2) is 60.7 Å². The van der Waals surface area contributed by atoms with E-state index in [9.17, 15) is 24.0 Å². The Hall–Kier alpha value is -4.47. The number of hydrogen-bond donors (Lipinski definition) is 5. The standard InChI is InChI=1S/C32H37N5O5/c38-28(32(42)34-19-21-10-2-1-3-11-21)25(18-23-14-15-33-29(23)39)36-30(40)26(16-20-8-4-5-9-20)37-31(41)27-17-22-12-6-7-13-24(22)35-27/h1-3,6-7,10-13,17,20,23,25-26,35H,4-5,8-9,14-16,18-19H2,(H,33,39)(H,34,42)(H,36,40)(H,37,41)/t23-,25-,26-/m0/s1. The number of aromatic nitrogens is 1. The maximum Gasteiger partial charge on any atom is 0.289 e. The second-order valence-electron chi connectivity index (χ2n) is 11.3. The molecule has 42 heavy (non-hydrogen) atoms. The van der Waals surface area contributed by atoms with E-state index in [1.54, 1.807) is 6.07 Å². The Balaban J connectivity index is 1.31. The number of amides is 4. The summed E-state index contributed by atoms with van der Waals surface area (Å²) in [7, 11) is 0. The lowest BCUT2D eigenvalue weighted by atomic mass is 9.94. The van der Waals surface area contributed by atoms with Crippen LogP contribution in [0.2, 0.25) is 0 Å². The number of carbonyl (C=O) groups excluding carboxylic acids is 5. The highest BCUT2D eigenvalue weighted by Gasteiger charge is 2.36. The van der Waals surface area contributed by atoms with Crippen LogP contribution in [0.5, 0.6) is 0 Å². The van der Waals surface area contributed by atoms with Gasteiger partial charge in [0.2, 0.25) is 17.6 Å². The molecular weight excluding hydrogens is 534 g/mol. The minimum Gasteiger partial charge on any atom is -0.356 e. The van der Waals surface area contributed by atoms with Crippen molar-refractivity contribution in [2.45, 2.75) is 63.6 Å². The summed E-state index contributed by atoms with van der Waals surface area (Å²) in [5.74, 6) is -3.08. The number of ketones is 1. The average Bonchev–Trinajstić information content (AvgIpc) is 3.77. The van der Waals surface area contributed by atoms with Crippen LogP contribution in [-0.4, -0.2) is 53.0 Å². The summed E-state index contributed by atoms with van der Waals surface area (Å²) in [5, 5.41) is 11.9. The zero-order valence-electron chi connectivity index (χ0n) is 23.5. The van der Waals surface area contributed by atoms with Gasteiger partial charge in [-0.15, -0.1) is 0 Å². The normalized spacial score (nSPS) is 18.3.